The Kier molecular flexibility index (Phi) is 4.12. The SMILES string of the molecule is CCC(N)CN1CCN(c2nc3ccc(C)cc3o2)CC1. The third-order valence-corrected chi connectivity index (χ3v) is 4.19. The standard InChI is InChI=1S/C16H24N4O/c1-3-13(17)11-19-6-8-20(9-7-19)16-18-14-5-4-12(2)10-15(14)21-16/h4-5,10,13H,3,6-9,11,17H2,1-2H3. The molecule has 0 bridgehead atoms. The Labute approximate surface area is 125 Å². The van der Waals surface area contributed by atoms with Crippen LogP contribution in [0.1, 0.15) is 18.9 Å². The summed E-state index contributed by atoms with van der Waals surface area (Å²) in [7, 11) is 0. The topological polar surface area (TPSA) is 58.5 Å². The number of hydrogen-bond donors (Lipinski definition) is 1. The predicted octanol–water partition coefficient (Wildman–Crippen LogP) is 2.00. The Morgan fingerprint density at radius 3 is 2.76 bits per heavy atom. The molecule has 5 heteroatoms. The maximum atomic E-state index is 6.03. The molecule has 21 heavy (non-hydrogen) atoms. The van der Waals surface area contributed by atoms with Crippen LogP contribution in [0.4, 0.5) is 6.01 Å². The molecule has 2 aromatic rings. The van der Waals surface area contributed by atoms with Crippen molar-refractivity contribution >= 4 is 17.1 Å². The normalized spacial score (nSPS) is 18.3. The smallest absolute Gasteiger partial charge is 0.298 e. The van der Waals surface area contributed by atoms with Crippen molar-refractivity contribution in [2.45, 2.75) is 26.3 Å². The van der Waals surface area contributed by atoms with Gasteiger partial charge in [0.2, 0.25) is 0 Å². The average Bonchev–Trinajstić information content (AvgIpc) is 2.90. The monoisotopic (exact) mass is 288 g/mol. The Balaban J connectivity index is 1.65. The van der Waals surface area contributed by atoms with E-state index in [9.17, 15) is 0 Å². The van der Waals surface area contributed by atoms with Crippen LogP contribution in [0.3, 0.4) is 0 Å². The minimum absolute atomic E-state index is 0.281. The number of fused-ring (bicyclic) bond motifs is 1. The predicted molar refractivity (Wildman–Crippen MR) is 85.7 cm³/mol. The summed E-state index contributed by atoms with van der Waals surface area (Å²) >= 11 is 0. The molecule has 1 fully saturated rings. The molecule has 0 aliphatic carbocycles. The van der Waals surface area contributed by atoms with Crippen molar-refractivity contribution in [3.05, 3.63) is 23.8 Å². The van der Waals surface area contributed by atoms with Crippen LogP contribution < -0.4 is 10.6 Å². The molecular weight excluding hydrogens is 264 g/mol. The molecule has 2 heterocycles. The molecule has 1 aromatic carbocycles. The number of anilines is 1. The maximum Gasteiger partial charge on any atom is 0.298 e. The van der Waals surface area contributed by atoms with Gasteiger partial charge in [0.05, 0.1) is 0 Å². The van der Waals surface area contributed by atoms with Crippen LogP contribution in [0, 0.1) is 6.92 Å². The van der Waals surface area contributed by atoms with Gasteiger partial charge in [0.1, 0.15) is 5.52 Å². The van der Waals surface area contributed by atoms with Crippen molar-refractivity contribution in [3.8, 4) is 0 Å². The molecule has 1 unspecified atom stereocenters. The van der Waals surface area contributed by atoms with Gasteiger partial charge in [-0.25, -0.2) is 0 Å². The van der Waals surface area contributed by atoms with E-state index in [1.807, 2.05) is 12.1 Å². The Morgan fingerprint density at radius 1 is 1.29 bits per heavy atom. The van der Waals surface area contributed by atoms with E-state index in [2.05, 4.69) is 34.7 Å². The Hall–Kier alpha value is -1.59. The molecule has 2 N–H and O–H groups in total. The number of aryl methyl sites for hydroxylation is 1. The molecule has 0 amide bonds. The molecule has 1 aromatic heterocycles. The zero-order valence-electron chi connectivity index (χ0n) is 12.9. The Morgan fingerprint density at radius 2 is 2.05 bits per heavy atom. The first-order valence-electron chi connectivity index (χ1n) is 7.76. The lowest BCUT2D eigenvalue weighted by Gasteiger charge is -2.34. The van der Waals surface area contributed by atoms with E-state index in [-0.39, 0.29) is 6.04 Å². The molecule has 0 saturated carbocycles. The highest BCUT2D eigenvalue weighted by atomic mass is 16.4. The molecule has 0 spiro atoms. The van der Waals surface area contributed by atoms with Crippen LogP contribution in [-0.2, 0) is 0 Å². The summed E-state index contributed by atoms with van der Waals surface area (Å²) in [6.45, 7) is 9.12. The summed E-state index contributed by atoms with van der Waals surface area (Å²) in [5.74, 6) is 0. The number of oxazole rings is 1. The number of rotatable bonds is 4. The molecule has 1 saturated heterocycles. The van der Waals surface area contributed by atoms with Crippen molar-refractivity contribution in [1.82, 2.24) is 9.88 Å². The third-order valence-electron chi connectivity index (χ3n) is 4.19. The lowest BCUT2D eigenvalue weighted by atomic mass is 10.2. The quantitative estimate of drug-likeness (QED) is 0.932. The molecule has 1 atom stereocenters. The second-order valence-corrected chi connectivity index (χ2v) is 5.92. The minimum Gasteiger partial charge on any atom is -0.423 e. The van der Waals surface area contributed by atoms with E-state index in [0.29, 0.717) is 0 Å². The molecule has 114 valence electrons. The molecular formula is C16H24N4O. The van der Waals surface area contributed by atoms with E-state index < -0.39 is 0 Å². The van der Waals surface area contributed by atoms with Crippen molar-refractivity contribution in [1.29, 1.82) is 0 Å². The van der Waals surface area contributed by atoms with Gasteiger partial charge in [-0.2, -0.15) is 4.98 Å². The first-order valence-corrected chi connectivity index (χ1v) is 7.76. The number of nitrogens with two attached hydrogens (primary N) is 1. The van der Waals surface area contributed by atoms with Gasteiger partial charge < -0.3 is 15.1 Å². The van der Waals surface area contributed by atoms with Crippen molar-refractivity contribution in [2.24, 2.45) is 5.73 Å². The summed E-state index contributed by atoms with van der Waals surface area (Å²) < 4.78 is 5.90. The second-order valence-electron chi connectivity index (χ2n) is 5.92. The Bertz CT molecular complexity index is 601. The summed E-state index contributed by atoms with van der Waals surface area (Å²) in [4.78, 5) is 9.25. The third kappa shape index (κ3) is 3.19. The van der Waals surface area contributed by atoms with Crippen LogP contribution in [0.2, 0.25) is 0 Å². The van der Waals surface area contributed by atoms with Crippen LogP contribution >= 0.6 is 0 Å². The zero-order valence-corrected chi connectivity index (χ0v) is 12.9. The highest BCUT2D eigenvalue weighted by Crippen LogP contribution is 2.23. The van der Waals surface area contributed by atoms with Crippen LogP contribution in [0.15, 0.2) is 22.6 Å². The number of nitrogens with zero attached hydrogens (tertiary/aromatic N) is 3. The first-order chi connectivity index (χ1) is 10.2. The van der Waals surface area contributed by atoms with Gasteiger partial charge in [-0.3, -0.25) is 4.90 Å². The number of hydrogen-bond acceptors (Lipinski definition) is 5. The summed E-state index contributed by atoms with van der Waals surface area (Å²) in [6.07, 6.45) is 1.03. The lowest BCUT2D eigenvalue weighted by Crippen LogP contribution is -2.49. The van der Waals surface area contributed by atoms with Crippen molar-refractivity contribution in [3.63, 3.8) is 0 Å². The number of piperazine rings is 1. The lowest BCUT2D eigenvalue weighted by molar-refractivity contribution is 0.237. The molecule has 0 radical (unpaired) electrons. The largest absolute Gasteiger partial charge is 0.423 e. The molecule has 3 rings (SSSR count). The van der Waals surface area contributed by atoms with Gasteiger partial charge in [0.25, 0.3) is 6.01 Å². The summed E-state index contributed by atoms with van der Waals surface area (Å²) in [5, 5.41) is 0. The van der Waals surface area contributed by atoms with E-state index in [1.165, 1.54) is 5.56 Å². The van der Waals surface area contributed by atoms with Crippen LogP contribution in [0.25, 0.3) is 11.1 Å². The van der Waals surface area contributed by atoms with Crippen molar-refractivity contribution < 1.29 is 4.42 Å². The van der Waals surface area contributed by atoms with Gasteiger partial charge in [0, 0.05) is 38.8 Å². The van der Waals surface area contributed by atoms with Crippen LogP contribution in [-0.4, -0.2) is 48.6 Å². The van der Waals surface area contributed by atoms with E-state index in [4.69, 9.17) is 10.2 Å². The fourth-order valence-electron chi connectivity index (χ4n) is 2.74. The number of aromatic nitrogens is 1. The highest BCUT2D eigenvalue weighted by molar-refractivity contribution is 5.75. The summed E-state index contributed by atoms with van der Waals surface area (Å²) in [6, 6.07) is 7.16. The first kappa shape index (κ1) is 14.4. The molecule has 5 nitrogen and oxygen atoms in total. The van der Waals surface area contributed by atoms with Crippen molar-refractivity contribution in [2.75, 3.05) is 37.6 Å². The maximum absolute atomic E-state index is 6.03. The van der Waals surface area contributed by atoms with Gasteiger partial charge in [0.15, 0.2) is 5.58 Å². The minimum atomic E-state index is 0.281. The van der Waals surface area contributed by atoms with Gasteiger partial charge in [-0.05, 0) is 31.0 Å². The van der Waals surface area contributed by atoms with Gasteiger partial charge >= 0.3 is 0 Å². The second kappa shape index (κ2) is 6.03. The molecule has 1 aliphatic heterocycles. The summed E-state index contributed by atoms with van der Waals surface area (Å²) in [5.41, 5.74) is 9.04. The number of benzene rings is 1. The van der Waals surface area contributed by atoms with E-state index in [1.54, 1.807) is 0 Å². The van der Waals surface area contributed by atoms with Crippen LogP contribution in [0.5, 0.6) is 0 Å². The highest BCUT2D eigenvalue weighted by Gasteiger charge is 2.21. The van der Waals surface area contributed by atoms with Gasteiger partial charge in [-0.1, -0.05) is 13.0 Å². The van der Waals surface area contributed by atoms with E-state index in [0.717, 1.165) is 56.3 Å². The fraction of sp³-hybridized carbons (Fsp3) is 0.562. The fourth-order valence-corrected chi connectivity index (χ4v) is 2.74. The zero-order chi connectivity index (χ0) is 14.8. The average molecular weight is 288 g/mol. The van der Waals surface area contributed by atoms with E-state index >= 15 is 0 Å². The molecule has 1 aliphatic rings. The van der Waals surface area contributed by atoms with Gasteiger partial charge in [-0.15, -0.1) is 0 Å².